The Bertz CT molecular complexity index is 252. The Morgan fingerprint density at radius 2 is 2.45 bits per heavy atom. The molecular weight excluding hydrogens is 164 g/mol. The molecule has 0 fully saturated rings. The van der Waals surface area contributed by atoms with Crippen LogP contribution in [0.5, 0.6) is 0 Å². The molecule has 2 N–H and O–H groups in total. The first-order chi connectivity index (χ1) is 5.25. The second-order valence-electron chi connectivity index (χ2n) is 2.09. The summed E-state index contributed by atoms with van der Waals surface area (Å²) >= 11 is 5.80. The molecule has 60 valence electrons. The highest BCUT2D eigenvalue weighted by atomic mass is 35.5. The lowest BCUT2D eigenvalue weighted by Gasteiger charge is -2.02. The second kappa shape index (κ2) is 3.55. The van der Waals surface area contributed by atoms with Gasteiger partial charge in [-0.15, -0.1) is 0 Å². The van der Waals surface area contributed by atoms with Gasteiger partial charge in [-0.2, -0.15) is 0 Å². The van der Waals surface area contributed by atoms with Gasteiger partial charge in [0.15, 0.2) is 0 Å². The Balaban J connectivity index is 2.96. The molecule has 0 unspecified atom stereocenters. The number of ether oxygens (including phenoxy) is 1. The van der Waals surface area contributed by atoms with Crippen molar-refractivity contribution in [2.75, 3.05) is 12.8 Å². The Kier molecular flexibility index (Phi) is 2.68. The van der Waals surface area contributed by atoms with Gasteiger partial charge < -0.3 is 10.5 Å². The number of halogens is 1. The van der Waals surface area contributed by atoms with E-state index >= 15 is 0 Å². The summed E-state index contributed by atoms with van der Waals surface area (Å²) < 4.78 is 4.86. The molecule has 1 aromatic rings. The van der Waals surface area contributed by atoms with Crippen LogP contribution in [0.25, 0.3) is 0 Å². The van der Waals surface area contributed by atoms with E-state index in [1.807, 2.05) is 0 Å². The minimum absolute atomic E-state index is 0.393. The number of nitrogens with zero attached hydrogens (tertiary/aromatic N) is 1. The normalized spacial score (nSPS) is 10.0. The first-order valence-electron chi connectivity index (χ1n) is 3.13. The molecular formula is C7H9ClN2O. The summed E-state index contributed by atoms with van der Waals surface area (Å²) in [5, 5.41) is 0.481. The lowest BCUT2D eigenvalue weighted by atomic mass is 10.3. The molecule has 0 aliphatic carbocycles. The molecule has 0 aromatic carbocycles. The van der Waals surface area contributed by atoms with Gasteiger partial charge in [0.05, 0.1) is 23.0 Å². The molecule has 0 spiro atoms. The van der Waals surface area contributed by atoms with E-state index in [0.29, 0.717) is 23.0 Å². The van der Waals surface area contributed by atoms with Crippen LogP contribution in [0.4, 0.5) is 5.69 Å². The summed E-state index contributed by atoms with van der Waals surface area (Å²) in [4.78, 5) is 3.99. The van der Waals surface area contributed by atoms with Gasteiger partial charge in [0, 0.05) is 13.3 Å². The summed E-state index contributed by atoms with van der Waals surface area (Å²) in [7, 11) is 1.58. The summed E-state index contributed by atoms with van der Waals surface area (Å²) in [6, 6.07) is 1.65. The highest BCUT2D eigenvalue weighted by Crippen LogP contribution is 2.20. The molecule has 0 aliphatic heterocycles. The van der Waals surface area contributed by atoms with E-state index in [2.05, 4.69) is 4.98 Å². The van der Waals surface area contributed by atoms with E-state index in [1.165, 1.54) is 0 Å². The molecule has 0 atom stereocenters. The van der Waals surface area contributed by atoms with Crippen molar-refractivity contribution in [3.05, 3.63) is 23.0 Å². The highest BCUT2D eigenvalue weighted by Gasteiger charge is 2.03. The third-order valence-corrected chi connectivity index (χ3v) is 1.71. The first kappa shape index (κ1) is 8.30. The zero-order chi connectivity index (χ0) is 8.27. The van der Waals surface area contributed by atoms with Crippen molar-refractivity contribution in [1.29, 1.82) is 0 Å². The van der Waals surface area contributed by atoms with E-state index in [0.717, 1.165) is 0 Å². The number of rotatable bonds is 2. The number of nitrogen functional groups attached to an aromatic ring is 1. The Hall–Kier alpha value is -0.800. The van der Waals surface area contributed by atoms with Crippen molar-refractivity contribution in [3.8, 4) is 0 Å². The van der Waals surface area contributed by atoms with Gasteiger partial charge in [-0.3, -0.25) is 4.98 Å². The highest BCUT2D eigenvalue weighted by molar-refractivity contribution is 6.33. The zero-order valence-electron chi connectivity index (χ0n) is 6.17. The predicted molar refractivity (Wildman–Crippen MR) is 44.4 cm³/mol. The minimum Gasteiger partial charge on any atom is -0.397 e. The van der Waals surface area contributed by atoms with Crippen LogP contribution in [0.15, 0.2) is 12.3 Å². The summed E-state index contributed by atoms with van der Waals surface area (Å²) in [6.45, 7) is 0.393. The van der Waals surface area contributed by atoms with Crippen LogP contribution in [0.2, 0.25) is 5.02 Å². The fourth-order valence-electron chi connectivity index (χ4n) is 0.741. The van der Waals surface area contributed by atoms with Crippen LogP contribution >= 0.6 is 11.6 Å². The van der Waals surface area contributed by atoms with Gasteiger partial charge in [-0.05, 0) is 6.07 Å². The fourth-order valence-corrected chi connectivity index (χ4v) is 0.908. The lowest BCUT2D eigenvalue weighted by molar-refractivity contribution is 0.181. The molecule has 11 heavy (non-hydrogen) atoms. The Morgan fingerprint density at radius 1 is 1.73 bits per heavy atom. The number of nitrogens with two attached hydrogens (primary N) is 1. The molecule has 0 saturated heterocycles. The largest absolute Gasteiger partial charge is 0.397 e. The van der Waals surface area contributed by atoms with Crippen molar-refractivity contribution in [2.24, 2.45) is 0 Å². The molecule has 1 rings (SSSR count). The molecule has 0 bridgehead atoms. The van der Waals surface area contributed by atoms with Crippen LogP contribution in [0, 0.1) is 0 Å². The van der Waals surface area contributed by atoms with E-state index < -0.39 is 0 Å². The van der Waals surface area contributed by atoms with Crippen LogP contribution in [0.3, 0.4) is 0 Å². The van der Waals surface area contributed by atoms with E-state index in [-0.39, 0.29) is 0 Å². The number of pyridine rings is 1. The Morgan fingerprint density at radius 3 is 3.09 bits per heavy atom. The molecule has 0 amide bonds. The maximum atomic E-state index is 5.80. The number of aromatic nitrogens is 1. The van der Waals surface area contributed by atoms with Crippen LogP contribution in [0.1, 0.15) is 5.69 Å². The summed E-state index contributed by atoms with van der Waals surface area (Å²) in [5.41, 5.74) is 6.73. The van der Waals surface area contributed by atoms with Crippen LogP contribution in [-0.4, -0.2) is 12.1 Å². The molecule has 0 radical (unpaired) electrons. The van der Waals surface area contributed by atoms with Crippen molar-refractivity contribution in [1.82, 2.24) is 4.98 Å². The van der Waals surface area contributed by atoms with Gasteiger partial charge in [-0.1, -0.05) is 11.6 Å². The second-order valence-corrected chi connectivity index (χ2v) is 2.47. The summed E-state index contributed by atoms with van der Waals surface area (Å²) in [6.07, 6.45) is 1.61. The SMILES string of the molecule is COCc1nccc(N)c1Cl. The summed E-state index contributed by atoms with van der Waals surface area (Å²) in [5.74, 6) is 0. The van der Waals surface area contributed by atoms with Gasteiger partial charge >= 0.3 is 0 Å². The molecule has 0 saturated carbocycles. The van der Waals surface area contributed by atoms with Crippen molar-refractivity contribution < 1.29 is 4.74 Å². The third kappa shape index (κ3) is 1.82. The van der Waals surface area contributed by atoms with Gasteiger partial charge in [-0.25, -0.2) is 0 Å². The van der Waals surface area contributed by atoms with Gasteiger partial charge in [0.25, 0.3) is 0 Å². The number of methoxy groups -OCH3 is 1. The third-order valence-electron chi connectivity index (χ3n) is 1.27. The zero-order valence-corrected chi connectivity index (χ0v) is 6.93. The Labute approximate surface area is 70.1 Å². The molecule has 4 heteroatoms. The van der Waals surface area contributed by atoms with Gasteiger partial charge in [0.1, 0.15) is 0 Å². The van der Waals surface area contributed by atoms with Crippen LogP contribution in [-0.2, 0) is 11.3 Å². The maximum absolute atomic E-state index is 5.80. The number of anilines is 1. The molecule has 1 heterocycles. The molecule has 0 aliphatic rings. The topological polar surface area (TPSA) is 48.1 Å². The maximum Gasteiger partial charge on any atom is 0.0900 e. The fraction of sp³-hybridized carbons (Fsp3) is 0.286. The minimum atomic E-state index is 0.393. The van der Waals surface area contributed by atoms with Crippen molar-refractivity contribution in [3.63, 3.8) is 0 Å². The average molecular weight is 173 g/mol. The standard InChI is InChI=1S/C7H9ClN2O/c1-11-4-6-7(8)5(9)2-3-10-6/h2-3H,4H2,1H3,(H2,9,10). The van der Waals surface area contributed by atoms with E-state index in [9.17, 15) is 0 Å². The van der Waals surface area contributed by atoms with Crippen LogP contribution < -0.4 is 5.73 Å². The monoisotopic (exact) mass is 172 g/mol. The number of hydrogen-bond donors (Lipinski definition) is 1. The van der Waals surface area contributed by atoms with E-state index in [1.54, 1.807) is 19.4 Å². The molecule has 1 aromatic heterocycles. The molecule has 3 nitrogen and oxygen atoms in total. The van der Waals surface area contributed by atoms with E-state index in [4.69, 9.17) is 22.1 Å². The predicted octanol–water partition coefficient (Wildman–Crippen LogP) is 1.46. The average Bonchev–Trinajstić information content (AvgIpc) is 1.99. The lowest BCUT2D eigenvalue weighted by Crippen LogP contribution is -1.96. The van der Waals surface area contributed by atoms with Crippen molar-refractivity contribution in [2.45, 2.75) is 6.61 Å². The quantitative estimate of drug-likeness (QED) is 0.735. The first-order valence-corrected chi connectivity index (χ1v) is 3.51. The van der Waals surface area contributed by atoms with Gasteiger partial charge in [0.2, 0.25) is 0 Å². The van der Waals surface area contributed by atoms with Crippen molar-refractivity contribution >= 4 is 17.3 Å². The smallest absolute Gasteiger partial charge is 0.0900 e. The number of hydrogen-bond acceptors (Lipinski definition) is 3.